The van der Waals surface area contributed by atoms with Crippen LogP contribution < -0.4 is 0 Å². The molecular weight excluding hydrogens is 439 g/mol. The van der Waals surface area contributed by atoms with Crippen molar-refractivity contribution in [3.63, 3.8) is 0 Å². The number of hydrogen-bond acceptors (Lipinski definition) is 4. The van der Waals surface area contributed by atoms with E-state index in [4.69, 9.17) is 16.3 Å². The summed E-state index contributed by atoms with van der Waals surface area (Å²) >= 11 is 6.06. The van der Waals surface area contributed by atoms with E-state index in [0.717, 1.165) is 69.8 Å². The maximum absolute atomic E-state index is 13.2. The molecule has 0 radical (unpaired) electrons. The minimum atomic E-state index is -0.856. The Kier molecular flexibility index (Phi) is 7.76. The molecule has 2 aliphatic heterocycles. The summed E-state index contributed by atoms with van der Waals surface area (Å²) in [6.07, 6.45) is 2.67. The lowest BCUT2D eigenvalue weighted by atomic mass is 9.66. The molecule has 0 aliphatic carbocycles. The predicted molar refractivity (Wildman–Crippen MR) is 131 cm³/mol. The van der Waals surface area contributed by atoms with Crippen LogP contribution in [0.2, 0.25) is 5.02 Å². The van der Waals surface area contributed by atoms with Gasteiger partial charge in [0.2, 0.25) is 0 Å². The highest BCUT2D eigenvalue weighted by atomic mass is 35.5. The van der Waals surface area contributed by atoms with Crippen LogP contribution in [0.15, 0.2) is 48.5 Å². The molecule has 0 saturated carbocycles. The quantitative estimate of drug-likeness (QED) is 0.656. The number of halogens is 2. The molecule has 1 unspecified atom stereocenters. The molecule has 2 heterocycles. The van der Waals surface area contributed by atoms with Gasteiger partial charge in [-0.15, -0.1) is 0 Å². The van der Waals surface area contributed by atoms with Crippen LogP contribution in [0, 0.1) is 11.2 Å². The van der Waals surface area contributed by atoms with Crippen molar-refractivity contribution in [3.8, 4) is 0 Å². The Hall–Kier alpha value is -1.50. The molecule has 0 spiro atoms. The second-order valence-electron chi connectivity index (χ2n) is 10.3. The molecule has 33 heavy (non-hydrogen) atoms. The van der Waals surface area contributed by atoms with Gasteiger partial charge in [0.15, 0.2) is 0 Å². The van der Waals surface area contributed by atoms with Gasteiger partial charge in [-0.1, -0.05) is 49.7 Å². The SMILES string of the molecule is CC1(C)CN(CCN2CCCO[C@H](Cc3ccc(F)cc3)C2)CCC1(O)c1ccc(Cl)cc1. The molecule has 2 aromatic carbocycles. The van der Waals surface area contributed by atoms with Crippen LogP contribution in [0.3, 0.4) is 0 Å². The highest BCUT2D eigenvalue weighted by Crippen LogP contribution is 2.46. The smallest absolute Gasteiger partial charge is 0.123 e. The summed E-state index contributed by atoms with van der Waals surface area (Å²) in [4.78, 5) is 4.97. The first kappa shape index (κ1) is 24.6. The number of hydrogen-bond donors (Lipinski definition) is 1. The minimum absolute atomic E-state index is 0.130. The van der Waals surface area contributed by atoms with Crippen molar-refractivity contribution >= 4 is 11.6 Å². The van der Waals surface area contributed by atoms with E-state index in [-0.39, 0.29) is 17.3 Å². The maximum atomic E-state index is 13.2. The third-order valence-corrected chi connectivity index (χ3v) is 7.65. The fourth-order valence-corrected chi connectivity index (χ4v) is 5.47. The van der Waals surface area contributed by atoms with E-state index in [1.165, 1.54) is 12.1 Å². The standard InChI is InChI=1S/C27H36ClFN2O2/c1-26(2)20-31(14-12-27(26,32)22-6-8-23(28)9-7-22)16-15-30-13-3-17-33-25(19-30)18-21-4-10-24(29)11-5-21/h4-11,25,32H,3,12-20H2,1-2H3/t25-,27?/m1/s1. The summed E-state index contributed by atoms with van der Waals surface area (Å²) in [5.74, 6) is -0.199. The van der Waals surface area contributed by atoms with E-state index in [9.17, 15) is 9.50 Å². The zero-order valence-corrected chi connectivity index (χ0v) is 20.5. The second kappa shape index (κ2) is 10.4. The lowest BCUT2D eigenvalue weighted by molar-refractivity contribution is -0.126. The molecule has 2 aromatic rings. The number of likely N-dealkylation sites (tertiary alicyclic amines) is 1. The Morgan fingerprint density at radius 2 is 1.73 bits per heavy atom. The first-order valence-corrected chi connectivity index (χ1v) is 12.4. The summed E-state index contributed by atoms with van der Waals surface area (Å²) in [6.45, 7) is 10.7. The molecule has 0 bridgehead atoms. The van der Waals surface area contributed by atoms with Crippen molar-refractivity contribution in [2.45, 2.75) is 44.8 Å². The summed E-state index contributed by atoms with van der Waals surface area (Å²) in [6, 6.07) is 14.4. The first-order valence-electron chi connectivity index (χ1n) is 12.0. The Morgan fingerprint density at radius 3 is 2.42 bits per heavy atom. The van der Waals surface area contributed by atoms with Gasteiger partial charge in [0.1, 0.15) is 5.82 Å². The van der Waals surface area contributed by atoms with E-state index in [0.29, 0.717) is 11.4 Å². The minimum Gasteiger partial charge on any atom is -0.385 e. The Balaban J connectivity index is 1.32. The summed E-state index contributed by atoms with van der Waals surface area (Å²) in [5, 5.41) is 12.3. The summed E-state index contributed by atoms with van der Waals surface area (Å²) in [7, 11) is 0. The molecule has 2 atom stereocenters. The number of rotatable bonds is 6. The average molecular weight is 475 g/mol. The van der Waals surface area contributed by atoms with Gasteiger partial charge < -0.3 is 14.7 Å². The normalized spacial score (nSPS) is 26.8. The second-order valence-corrected chi connectivity index (χ2v) is 10.7. The summed E-state index contributed by atoms with van der Waals surface area (Å²) < 4.78 is 19.3. The molecule has 180 valence electrons. The Morgan fingerprint density at radius 1 is 1.03 bits per heavy atom. The molecule has 1 N–H and O–H groups in total. The number of benzene rings is 2. The number of aliphatic hydroxyl groups is 1. The molecule has 2 saturated heterocycles. The lowest BCUT2D eigenvalue weighted by Gasteiger charge is -2.51. The summed E-state index contributed by atoms with van der Waals surface area (Å²) in [5.41, 5.74) is 0.934. The topological polar surface area (TPSA) is 35.9 Å². The van der Waals surface area contributed by atoms with Crippen LogP contribution in [0.4, 0.5) is 4.39 Å². The van der Waals surface area contributed by atoms with Crippen molar-refractivity contribution in [2.24, 2.45) is 5.41 Å². The van der Waals surface area contributed by atoms with Crippen molar-refractivity contribution in [3.05, 3.63) is 70.5 Å². The van der Waals surface area contributed by atoms with Gasteiger partial charge in [-0.3, -0.25) is 4.90 Å². The highest BCUT2D eigenvalue weighted by Gasteiger charge is 2.48. The highest BCUT2D eigenvalue weighted by molar-refractivity contribution is 6.30. The van der Waals surface area contributed by atoms with Crippen LogP contribution >= 0.6 is 11.6 Å². The molecule has 0 amide bonds. The van der Waals surface area contributed by atoms with Gasteiger partial charge in [0.25, 0.3) is 0 Å². The van der Waals surface area contributed by atoms with Crippen molar-refractivity contribution < 1.29 is 14.2 Å². The number of ether oxygens (including phenoxy) is 1. The van der Waals surface area contributed by atoms with E-state index >= 15 is 0 Å². The van der Waals surface area contributed by atoms with Gasteiger partial charge >= 0.3 is 0 Å². The number of piperidine rings is 1. The Bertz CT molecular complexity index is 905. The molecule has 0 aromatic heterocycles. The largest absolute Gasteiger partial charge is 0.385 e. The van der Waals surface area contributed by atoms with Crippen LogP contribution in [-0.4, -0.2) is 66.9 Å². The van der Waals surface area contributed by atoms with E-state index < -0.39 is 5.60 Å². The van der Waals surface area contributed by atoms with E-state index in [1.54, 1.807) is 0 Å². The lowest BCUT2D eigenvalue weighted by Crippen LogP contribution is -2.56. The molecule has 2 fully saturated rings. The van der Waals surface area contributed by atoms with Gasteiger partial charge in [0.05, 0.1) is 11.7 Å². The zero-order chi connectivity index (χ0) is 23.5. The Labute approximate surface area is 202 Å². The third-order valence-electron chi connectivity index (χ3n) is 7.39. The first-order chi connectivity index (χ1) is 15.7. The van der Waals surface area contributed by atoms with Crippen LogP contribution in [-0.2, 0) is 16.8 Å². The van der Waals surface area contributed by atoms with Gasteiger partial charge in [-0.05, 0) is 54.7 Å². The van der Waals surface area contributed by atoms with Crippen molar-refractivity contribution in [1.29, 1.82) is 0 Å². The molecule has 2 aliphatic rings. The van der Waals surface area contributed by atoms with Gasteiger partial charge in [0, 0.05) is 56.3 Å². The van der Waals surface area contributed by atoms with Crippen LogP contribution in [0.1, 0.15) is 37.8 Å². The van der Waals surface area contributed by atoms with Gasteiger partial charge in [-0.2, -0.15) is 0 Å². The average Bonchev–Trinajstić information content (AvgIpc) is 3.01. The van der Waals surface area contributed by atoms with E-state index in [1.807, 2.05) is 36.4 Å². The molecule has 4 rings (SSSR count). The van der Waals surface area contributed by atoms with Crippen LogP contribution in [0.5, 0.6) is 0 Å². The predicted octanol–water partition coefficient (Wildman–Crippen LogP) is 4.73. The maximum Gasteiger partial charge on any atom is 0.123 e. The van der Waals surface area contributed by atoms with Crippen molar-refractivity contribution in [2.75, 3.05) is 45.9 Å². The van der Waals surface area contributed by atoms with Crippen molar-refractivity contribution in [1.82, 2.24) is 9.80 Å². The zero-order valence-electron chi connectivity index (χ0n) is 19.8. The number of nitrogens with zero attached hydrogens (tertiary/aromatic N) is 2. The molecular formula is C27H36ClFN2O2. The van der Waals surface area contributed by atoms with E-state index in [2.05, 4.69) is 23.6 Å². The molecule has 4 nitrogen and oxygen atoms in total. The fourth-order valence-electron chi connectivity index (χ4n) is 5.34. The fraction of sp³-hybridized carbons (Fsp3) is 0.556. The van der Waals surface area contributed by atoms with Crippen LogP contribution in [0.25, 0.3) is 0 Å². The third kappa shape index (κ3) is 5.95. The monoisotopic (exact) mass is 474 g/mol. The van der Waals surface area contributed by atoms with Gasteiger partial charge in [-0.25, -0.2) is 4.39 Å². The molecule has 6 heteroatoms.